The first-order valence-corrected chi connectivity index (χ1v) is 7.16. The van der Waals surface area contributed by atoms with E-state index in [4.69, 9.17) is 2.84 Å². The fourth-order valence-corrected chi connectivity index (χ4v) is 3.00. The van der Waals surface area contributed by atoms with Gasteiger partial charge in [0.15, 0.2) is 0 Å². The molecule has 0 radical (unpaired) electrons. The van der Waals surface area contributed by atoms with Crippen LogP contribution in [0.5, 0.6) is 0 Å². The van der Waals surface area contributed by atoms with Crippen LogP contribution in [-0.4, -0.2) is 30.0 Å². The van der Waals surface area contributed by atoms with Gasteiger partial charge in [0.25, 0.3) is 0 Å². The topological polar surface area (TPSA) is 9.23 Å². The molecule has 0 heterocycles. The fraction of sp³-hybridized carbons (Fsp3) is 1.00. The molecule has 4 heteroatoms. The van der Waals surface area contributed by atoms with Gasteiger partial charge < -0.3 is 2.84 Å². The van der Waals surface area contributed by atoms with Gasteiger partial charge in [0.05, 0.1) is 0 Å². The summed E-state index contributed by atoms with van der Waals surface area (Å²) in [5.41, 5.74) is 0. The van der Waals surface area contributed by atoms with Crippen molar-refractivity contribution >= 4 is 42.4 Å². The molecule has 0 amide bonds. The van der Waals surface area contributed by atoms with Crippen LogP contribution in [-0.2, 0) is 2.84 Å². The molecule has 1 nitrogen and oxygen atoms in total. The Hall–Kier alpha value is 1.31. The third-order valence-electron chi connectivity index (χ3n) is 0.500. The molecule has 42 valence electrons. The maximum absolute atomic E-state index is 5.32. The molecule has 0 aromatic carbocycles. The molecule has 0 atom stereocenters. The van der Waals surface area contributed by atoms with Crippen molar-refractivity contribution in [2.24, 2.45) is 0 Å². The minimum atomic E-state index is -0.609. The number of halogens is 1. The first-order valence-electron chi connectivity index (χ1n) is 2.39. The SMILES string of the molecule is Cl.[CH3][AlH][O][Al]([CH3])[CH3]. The van der Waals surface area contributed by atoms with E-state index in [0.29, 0.717) is 0 Å². The normalized spacial score (nSPS) is 6.71. The van der Waals surface area contributed by atoms with Crippen LogP contribution in [0, 0.1) is 0 Å². The molecule has 0 fully saturated rings. The molecule has 0 saturated carbocycles. The monoisotopic (exact) mass is 152 g/mol. The van der Waals surface area contributed by atoms with Gasteiger partial charge in [-0.1, -0.05) is 17.4 Å². The summed E-state index contributed by atoms with van der Waals surface area (Å²) in [6, 6.07) is 0. The Morgan fingerprint density at radius 1 is 1.43 bits per heavy atom. The summed E-state index contributed by atoms with van der Waals surface area (Å²) in [5, 5.41) is 0. The van der Waals surface area contributed by atoms with E-state index in [1.54, 1.807) is 0 Å². The van der Waals surface area contributed by atoms with Gasteiger partial charge in [-0.15, -0.1) is 12.4 Å². The van der Waals surface area contributed by atoms with Gasteiger partial charge in [-0.05, 0) is 0 Å². The molecule has 0 aromatic rings. The quantitative estimate of drug-likeness (QED) is 0.538. The van der Waals surface area contributed by atoms with Gasteiger partial charge in [-0.25, -0.2) is 0 Å². The molecule has 0 unspecified atom stereocenters. The van der Waals surface area contributed by atoms with Crippen molar-refractivity contribution in [3.8, 4) is 0 Å². The van der Waals surface area contributed by atoms with E-state index in [9.17, 15) is 0 Å². The Bertz CT molecular complexity index is 34.1. The van der Waals surface area contributed by atoms with Crippen molar-refractivity contribution in [1.82, 2.24) is 0 Å². The van der Waals surface area contributed by atoms with Crippen molar-refractivity contribution in [2.75, 3.05) is 0 Å². The maximum atomic E-state index is 5.32. The number of rotatable bonds is 2. The van der Waals surface area contributed by atoms with E-state index in [0.717, 1.165) is 0 Å². The van der Waals surface area contributed by atoms with E-state index < -0.39 is 14.5 Å². The van der Waals surface area contributed by atoms with Gasteiger partial charge in [-0.3, -0.25) is 0 Å². The maximum Gasteiger partial charge on any atom is 0.423 e. The molecule has 0 aliphatic carbocycles. The van der Waals surface area contributed by atoms with Gasteiger partial charge in [0, 0.05) is 0 Å². The molecular weight excluding hydrogens is 141 g/mol. The molecule has 0 aliphatic rings. The average Bonchev–Trinajstić information content (AvgIpc) is 1.35. The van der Waals surface area contributed by atoms with E-state index in [1.807, 2.05) is 0 Å². The van der Waals surface area contributed by atoms with E-state index >= 15 is 0 Å². The minimum Gasteiger partial charge on any atom is -0.640 e. The van der Waals surface area contributed by atoms with Crippen LogP contribution in [0.4, 0.5) is 0 Å². The highest BCUT2D eigenvalue weighted by Gasteiger charge is 1.98. The van der Waals surface area contributed by atoms with Crippen molar-refractivity contribution < 1.29 is 2.84 Å². The largest absolute Gasteiger partial charge is 0.640 e. The smallest absolute Gasteiger partial charge is 0.423 e. The zero-order valence-electron chi connectivity index (χ0n) is 5.10. The van der Waals surface area contributed by atoms with Crippen LogP contribution in [0.1, 0.15) is 0 Å². The second-order valence-electron chi connectivity index (χ2n) is 1.50. The Morgan fingerprint density at radius 3 is 1.86 bits per heavy atom. The third-order valence-corrected chi connectivity index (χ3v) is 4.50. The van der Waals surface area contributed by atoms with Crippen LogP contribution in [0.15, 0.2) is 0 Å². The molecule has 0 N–H and O–H groups in total. The van der Waals surface area contributed by atoms with Gasteiger partial charge >= 0.3 is 30.0 Å². The lowest BCUT2D eigenvalue weighted by molar-refractivity contribution is 0.630. The predicted octanol–water partition coefficient (Wildman–Crippen LogP) is 1.08. The summed E-state index contributed by atoms with van der Waals surface area (Å²) in [5.74, 6) is 6.58. The zero-order chi connectivity index (χ0) is 4.99. The van der Waals surface area contributed by atoms with E-state index in [-0.39, 0.29) is 28.0 Å². The lowest BCUT2D eigenvalue weighted by atomic mass is 11.9. The van der Waals surface area contributed by atoms with Gasteiger partial charge in [-0.2, -0.15) is 0 Å². The molecule has 0 saturated heterocycles. The fourth-order valence-electron chi connectivity index (χ4n) is 0.333. The predicted molar refractivity (Wildman–Crippen MR) is 38.8 cm³/mol. The van der Waals surface area contributed by atoms with Crippen molar-refractivity contribution in [3.05, 3.63) is 0 Å². The van der Waals surface area contributed by atoms with Crippen molar-refractivity contribution in [3.63, 3.8) is 0 Å². The van der Waals surface area contributed by atoms with Crippen LogP contribution >= 0.6 is 12.4 Å². The second kappa shape index (κ2) is 7.31. The Kier molecular flexibility index (Phi) is 11.7. The van der Waals surface area contributed by atoms with Crippen LogP contribution in [0.3, 0.4) is 0 Å². The molecule has 0 aliphatic heterocycles. The van der Waals surface area contributed by atoms with E-state index in [2.05, 4.69) is 17.4 Å². The number of hydrogen-bond donors (Lipinski definition) is 0. The standard InChI is InChI=1S/3CH3.2Al.ClH.O.H/h3*1H3;;;1H;;. The number of hydrogen-bond acceptors (Lipinski definition) is 1. The molecule has 0 spiro atoms. The molecule has 0 rings (SSSR count). The van der Waals surface area contributed by atoms with Crippen molar-refractivity contribution in [2.45, 2.75) is 17.4 Å². The summed E-state index contributed by atoms with van der Waals surface area (Å²) in [6.45, 7) is 0. The molecular formula is C3H11Al2ClO. The minimum absolute atomic E-state index is 0. The van der Waals surface area contributed by atoms with Crippen LogP contribution < -0.4 is 0 Å². The lowest BCUT2D eigenvalue weighted by Gasteiger charge is -1.95. The van der Waals surface area contributed by atoms with E-state index in [1.165, 1.54) is 0 Å². The summed E-state index contributed by atoms with van der Waals surface area (Å²) < 4.78 is 5.32. The Morgan fingerprint density at radius 2 is 1.86 bits per heavy atom. The average molecular weight is 153 g/mol. The first-order chi connectivity index (χ1) is 2.77. The van der Waals surface area contributed by atoms with Crippen LogP contribution in [0.2, 0.25) is 17.4 Å². The summed E-state index contributed by atoms with van der Waals surface area (Å²) in [4.78, 5) is 0. The summed E-state index contributed by atoms with van der Waals surface area (Å²) >= 11 is -0.681. The second-order valence-corrected chi connectivity index (χ2v) is 5.51. The first kappa shape index (κ1) is 11.2. The Labute approximate surface area is 62.6 Å². The summed E-state index contributed by atoms with van der Waals surface area (Å²) in [6.07, 6.45) is 0. The zero-order valence-corrected chi connectivity index (χ0v) is 8.49. The highest BCUT2D eigenvalue weighted by Crippen LogP contribution is 1.77. The van der Waals surface area contributed by atoms with Crippen LogP contribution in [0.25, 0.3) is 0 Å². The lowest BCUT2D eigenvalue weighted by Crippen LogP contribution is -2.08. The highest BCUT2D eigenvalue weighted by molar-refractivity contribution is 6.55. The van der Waals surface area contributed by atoms with Gasteiger partial charge in [0.1, 0.15) is 0 Å². The Balaban J connectivity index is 0. The highest BCUT2D eigenvalue weighted by atomic mass is 35.5. The van der Waals surface area contributed by atoms with Gasteiger partial charge in [0.2, 0.25) is 0 Å². The third kappa shape index (κ3) is 11.1. The summed E-state index contributed by atoms with van der Waals surface area (Å²) in [7, 11) is 0. The van der Waals surface area contributed by atoms with Crippen molar-refractivity contribution in [1.29, 1.82) is 0 Å². The molecule has 0 aromatic heterocycles. The molecule has 7 heavy (non-hydrogen) atoms. The molecule has 0 bridgehead atoms.